The maximum Gasteiger partial charge on any atom is 0.257 e. The van der Waals surface area contributed by atoms with E-state index in [1.807, 2.05) is 42.2 Å². The third kappa shape index (κ3) is 4.56. The molecule has 1 aliphatic heterocycles. The number of likely N-dealkylation sites (tertiary alicyclic amines) is 1. The molecule has 1 aromatic carbocycles. The van der Waals surface area contributed by atoms with Crippen molar-refractivity contribution in [3.8, 4) is 11.4 Å². The van der Waals surface area contributed by atoms with Crippen molar-refractivity contribution in [2.45, 2.75) is 32.2 Å². The molecule has 150 valence electrons. The molecule has 6 nitrogen and oxygen atoms in total. The topological polar surface area (TPSA) is 69.6 Å². The van der Waals surface area contributed by atoms with E-state index in [0.29, 0.717) is 35.6 Å². The minimum atomic E-state index is 0.00307. The summed E-state index contributed by atoms with van der Waals surface area (Å²) in [5.41, 5.74) is 2.23. The molecule has 1 saturated heterocycles. The highest BCUT2D eigenvalue weighted by molar-refractivity contribution is 5.95. The van der Waals surface area contributed by atoms with Crippen LogP contribution in [0, 0.1) is 12.8 Å². The number of nitrogens with zero attached hydrogens (tertiary/aromatic N) is 4. The first-order valence-electron chi connectivity index (χ1n) is 9.97. The lowest BCUT2D eigenvalue weighted by Gasteiger charge is -2.41. The van der Waals surface area contributed by atoms with Crippen LogP contribution in [0.15, 0.2) is 36.5 Å². The summed E-state index contributed by atoms with van der Waals surface area (Å²) in [6.07, 6.45) is 4.29. The van der Waals surface area contributed by atoms with E-state index in [1.165, 1.54) is 0 Å². The lowest BCUT2D eigenvalue weighted by Crippen LogP contribution is -2.50. The molecule has 0 bridgehead atoms. The normalized spacial score (nSPS) is 19.8. The Labute approximate surface area is 167 Å². The number of hydrogen-bond acceptors (Lipinski definition) is 5. The predicted octanol–water partition coefficient (Wildman–Crippen LogP) is 2.62. The van der Waals surface area contributed by atoms with Gasteiger partial charge in [-0.3, -0.25) is 4.79 Å². The van der Waals surface area contributed by atoms with Crippen molar-refractivity contribution in [1.29, 1.82) is 0 Å². The van der Waals surface area contributed by atoms with Crippen molar-refractivity contribution in [1.82, 2.24) is 19.8 Å². The van der Waals surface area contributed by atoms with Crippen molar-refractivity contribution in [3.63, 3.8) is 0 Å². The molecule has 1 amide bonds. The predicted molar refractivity (Wildman–Crippen MR) is 110 cm³/mol. The number of carbonyl (C=O) groups is 1. The first-order valence-corrected chi connectivity index (χ1v) is 9.97. The lowest BCUT2D eigenvalue weighted by atomic mass is 9.87. The van der Waals surface area contributed by atoms with Gasteiger partial charge in [0.2, 0.25) is 0 Å². The van der Waals surface area contributed by atoms with Crippen molar-refractivity contribution >= 4 is 5.91 Å². The summed E-state index contributed by atoms with van der Waals surface area (Å²) in [5, 5.41) is 9.22. The number of benzene rings is 1. The molecule has 3 rings (SSSR count). The van der Waals surface area contributed by atoms with Crippen LogP contribution in [-0.4, -0.2) is 70.6 Å². The SMILES string of the molecule is Cc1nc(-c2ccccc2)ncc1C(=O)N1CC[C@@H](N(C)C)[C@@H](CCCO)C1. The van der Waals surface area contributed by atoms with Crippen LogP contribution in [-0.2, 0) is 0 Å². The molecular formula is C22H30N4O2. The van der Waals surface area contributed by atoms with Gasteiger partial charge < -0.3 is 14.9 Å². The standard InChI is InChI=1S/C22H30N4O2/c1-16-19(14-23-21(24-16)17-8-5-4-6-9-17)22(28)26-12-11-20(25(2)3)18(15-26)10-7-13-27/h4-6,8-9,14,18,20,27H,7,10-13,15H2,1-3H3/t18-,20+/m0/s1. The summed E-state index contributed by atoms with van der Waals surface area (Å²) in [6.45, 7) is 3.51. The number of aliphatic hydroxyl groups excluding tert-OH is 1. The Morgan fingerprint density at radius 1 is 1.29 bits per heavy atom. The fourth-order valence-corrected chi connectivity index (χ4v) is 4.09. The van der Waals surface area contributed by atoms with Gasteiger partial charge in [-0.1, -0.05) is 30.3 Å². The lowest BCUT2D eigenvalue weighted by molar-refractivity contribution is 0.0494. The van der Waals surface area contributed by atoms with E-state index < -0.39 is 0 Å². The van der Waals surface area contributed by atoms with Crippen LogP contribution < -0.4 is 0 Å². The van der Waals surface area contributed by atoms with E-state index in [9.17, 15) is 9.90 Å². The number of aliphatic hydroxyl groups is 1. The minimum absolute atomic E-state index is 0.00307. The van der Waals surface area contributed by atoms with Crippen molar-refractivity contribution < 1.29 is 9.90 Å². The van der Waals surface area contributed by atoms with Crippen molar-refractivity contribution in [2.24, 2.45) is 5.92 Å². The van der Waals surface area contributed by atoms with Gasteiger partial charge in [-0.25, -0.2) is 9.97 Å². The summed E-state index contributed by atoms with van der Waals surface area (Å²) in [5.74, 6) is 1.01. The van der Waals surface area contributed by atoms with Crippen molar-refractivity contribution in [2.75, 3.05) is 33.8 Å². The Hall–Kier alpha value is -2.31. The third-order valence-electron chi connectivity index (χ3n) is 5.62. The zero-order valence-electron chi connectivity index (χ0n) is 17.0. The number of rotatable bonds is 6. The van der Waals surface area contributed by atoms with Crippen molar-refractivity contribution in [3.05, 3.63) is 47.8 Å². The molecule has 28 heavy (non-hydrogen) atoms. The summed E-state index contributed by atoms with van der Waals surface area (Å²) in [4.78, 5) is 26.3. The Morgan fingerprint density at radius 3 is 2.68 bits per heavy atom. The van der Waals surface area contributed by atoms with Gasteiger partial charge in [0.25, 0.3) is 5.91 Å². The molecule has 0 aliphatic carbocycles. The summed E-state index contributed by atoms with van der Waals surface area (Å²) in [7, 11) is 4.18. The third-order valence-corrected chi connectivity index (χ3v) is 5.62. The maximum absolute atomic E-state index is 13.1. The molecule has 0 unspecified atom stereocenters. The monoisotopic (exact) mass is 382 g/mol. The first kappa shape index (κ1) is 20.4. The van der Waals surface area contributed by atoms with Crippen LogP contribution in [0.25, 0.3) is 11.4 Å². The zero-order valence-corrected chi connectivity index (χ0v) is 17.0. The smallest absolute Gasteiger partial charge is 0.257 e. The van der Waals surface area contributed by atoms with Gasteiger partial charge in [-0.15, -0.1) is 0 Å². The number of aryl methyl sites for hydroxylation is 1. The number of carbonyl (C=O) groups excluding carboxylic acids is 1. The Bertz CT molecular complexity index is 794. The van der Waals surface area contributed by atoms with E-state index in [4.69, 9.17) is 0 Å². The number of piperidine rings is 1. The summed E-state index contributed by atoms with van der Waals surface area (Å²) < 4.78 is 0. The molecule has 1 N–H and O–H groups in total. The van der Waals surface area contributed by atoms with Crippen LogP contribution in [0.3, 0.4) is 0 Å². The molecule has 2 heterocycles. The number of amides is 1. The zero-order chi connectivity index (χ0) is 20.1. The second-order valence-electron chi connectivity index (χ2n) is 7.76. The highest BCUT2D eigenvalue weighted by Crippen LogP contribution is 2.26. The minimum Gasteiger partial charge on any atom is -0.396 e. The van der Waals surface area contributed by atoms with E-state index in [-0.39, 0.29) is 12.5 Å². The van der Waals surface area contributed by atoms with Gasteiger partial charge in [0.1, 0.15) is 0 Å². The van der Waals surface area contributed by atoms with Gasteiger partial charge in [0.15, 0.2) is 5.82 Å². The second-order valence-corrected chi connectivity index (χ2v) is 7.76. The van der Waals surface area contributed by atoms with E-state index in [2.05, 4.69) is 29.0 Å². The molecule has 1 aliphatic rings. The largest absolute Gasteiger partial charge is 0.396 e. The van der Waals surface area contributed by atoms with E-state index in [0.717, 1.165) is 31.4 Å². The van der Waals surface area contributed by atoms with Crippen LogP contribution in [0.4, 0.5) is 0 Å². The van der Waals surface area contributed by atoms with Gasteiger partial charge in [0, 0.05) is 37.5 Å². The molecule has 1 fully saturated rings. The molecule has 2 atom stereocenters. The van der Waals surface area contributed by atoms with Gasteiger partial charge in [-0.05, 0) is 46.2 Å². The second kappa shape index (κ2) is 9.26. The fraction of sp³-hybridized carbons (Fsp3) is 0.500. The highest BCUT2D eigenvalue weighted by atomic mass is 16.3. The molecular weight excluding hydrogens is 352 g/mol. The van der Waals surface area contributed by atoms with Crippen LogP contribution in [0.1, 0.15) is 35.3 Å². The molecule has 6 heteroatoms. The first-order chi connectivity index (χ1) is 13.5. The number of aromatic nitrogens is 2. The summed E-state index contributed by atoms with van der Waals surface area (Å²) in [6, 6.07) is 10.2. The van der Waals surface area contributed by atoms with Gasteiger partial charge in [0.05, 0.1) is 11.3 Å². The van der Waals surface area contributed by atoms with E-state index in [1.54, 1.807) is 6.20 Å². The molecule has 1 aromatic heterocycles. The van der Waals surface area contributed by atoms with Crippen LogP contribution in [0.2, 0.25) is 0 Å². The Balaban J connectivity index is 1.76. The van der Waals surface area contributed by atoms with Gasteiger partial charge >= 0.3 is 0 Å². The summed E-state index contributed by atoms with van der Waals surface area (Å²) >= 11 is 0. The average Bonchev–Trinajstić information content (AvgIpc) is 2.72. The highest BCUT2D eigenvalue weighted by Gasteiger charge is 2.33. The molecule has 0 saturated carbocycles. The molecule has 2 aromatic rings. The quantitative estimate of drug-likeness (QED) is 0.832. The Kier molecular flexibility index (Phi) is 6.75. The molecule has 0 spiro atoms. The van der Waals surface area contributed by atoms with Gasteiger partial charge in [-0.2, -0.15) is 0 Å². The van der Waals surface area contributed by atoms with Crippen LogP contribution >= 0.6 is 0 Å². The van der Waals surface area contributed by atoms with E-state index >= 15 is 0 Å². The molecule has 0 radical (unpaired) electrons. The maximum atomic E-state index is 13.1. The Morgan fingerprint density at radius 2 is 2.04 bits per heavy atom. The van der Waals surface area contributed by atoms with Crippen LogP contribution in [0.5, 0.6) is 0 Å². The number of hydrogen-bond donors (Lipinski definition) is 1. The average molecular weight is 383 g/mol. The fourth-order valence-electron chi connectivity index (χ4n) is 4.09.